The molecule has 1 atom stereocenters. The molecule has 3 aromatic rings. The Morgan fingerprint density at radius 1 is 0.966 bits per heavy atom. The lowest BCUT2D eigenvalue weighted by molar-refractivity contribution is -0.132. The third kappa shape index (κ3) is 3.23. The van der Waals surface area contributed by atoms with Gasteiger partial charge in [-0.3, -0.25) is 14.5 Å². The number of carbonyl (C=O) groups is 2. The lowest BCUT2D eigenvalue weighted by atomic mass is 9.98. The summed E-state index contributed by atoms with van der Waals surface area (Å²) in [5.41, 5.74) is 1.67. The van der Waals surface area contributed by atoms with Crippen molar-refractivity contribution in [3.8, 4) is 0 Å². The Balaban J connectivity index is 1.92. The molecule has 1 unspecified atom stereocenters. The molecule has 6 heteroatoms. The molecule has 1 aliphatic rings. The van der Waals surface area contributed by atoms with Gasteiger partial charge in [0.2, 0.25) is 0 Å². The van der Waals surface area contributed by atoms with Gasteiger partial charge in [-0.2, -0.15) is 0 Å². The summed E-state index contributed by atoms with van der Waals surface area (Å²) >= 11 is 0. The second-order valence-corrected chi connectivity index (χ2v) is 6.96. The molecule has 29 heavy (non-hydrogen) atoms. The van der Waals surface area contributed by atoms with Gasteiger partial charge in [0.1, 0.15) is 29.1 Å². The molecule has 0 spiro atoms. The molecule has 1 saturated heterocycles. The molecular formula is C23H18FNO4. The first kappa shape index (κ1) is 18.7. The van der Waals surface area contributed by atoms with Crippen molar-refractivity contribution in [3.05, 3.63) is 94.7 Å². The quantitative estimate of drug-likeness (QED) is 0.400. The van der Waals surface area contributed by atoms with Crippen LogP contribution in [0.25, 0.3) is 5.76 Å². The zero-order valence-corrected chi connectivity index (χ0v) is 15.8. The fourth-order valence-corrected chi connectivity index (χ4v) is 3.44. The molecule has 0 saturated carbocycles. The molecule has 0 radical (unpaired) electrons. The van der Waals surface area contributed by atoms with E-state index < -0.39 is 23.5 Å². The second kappa shape index (κ2) is 7.05. The number of aryl methyl sites for hydroxylation is 2. The lowest BCUT2D eigenvalue weighted by Crippen LogP contribution is -2.29. The Bertz CT molecular complexity index is 1130. The number of carbonyl (C=O) groups excluding carboxylic acids is 2. The minimum Gasteiger partial charge on any atom is -0.507 e. The van der Waals surface area contributed by atoms with Crippen molar-refractivity contribution in [3.63, 3.8) is 0 Å². The summed E-state index contributed by atoms with van der Waals surface area (Å²) in [6.45, 7) is 3.65. The Morgan fingerprint density at radius 3 is 2.21 bits per heavy atom. The van der Waals surface area contributed by atoms with E-state index in [0.717, 1.165) is 5.56 Å². The average Bonchev–Trinajstić information content (AvgIpc) is 3.24. The molecule has 1 aliphatic heterocycles. The molecule has 1 aromatic heterocycles. The third-order valence-corrected chi connectivity index (χ3v) is 4.90. The third-order valence-electron chi connectivity index (χ3n) is 4.90. The van der Waals surface area contributed by atoms with Crippen LogP contribution < -0.4 is 4.90 Å². The van der Waals surface area contributed by atoms with E-state index in [1.54, 1.807) is 43.3 Å². The van der Waals surface area contributed by atoms with Crippen LogP contribution in [0.1, 0.15) is 28.7 Å². The standard InChI is InChI=1S/C23H18FNO4/c1-13-3-6-15(7-4-13)21(26)19-20(18-12-5-14(2)29-18)25(23(28)22(19)27)17-10-8-16(24)9-11-17/h3-12,20,26H,1-2H3/b21-19-. The summed E-state index contributed by atoms with van der Waals surface area (Å²) in [7, 11) is 0. The maximum Gasteiger partial charge on any atom is 0.300 e. The number of aliphatic hydroxyl groups is 1. The van der Waals surface area contributed by atoms with E-state index in [9.17, 15) is 19.1 Å². The predicted octanol–water partition coefficient (Wildman–Crippen LogP) is 4.66. The zero-order valence-electron chi connectivity index (χ0n) is 15.8. The zero-order chi connectivity index (χ0) is 20.7. The summed E-state index contributed by atoms with van der Waals surface area (Å²) in [5.74, 6) is -1.46. The van der Waals surface area contributed by atoms with Crippen molar-refractivity contribution in [1.29, 1.82) is 0 Å². The molecular weight excluding hydrogens is 373 g/mol. The first-order chi connectivity index (χ1) is 13.9. The first-order valence-electron chi connectivity index (χ1n) is 9.07. The Morgan fingerprint density at radius 2 is 1.62 bits per heavy atom. The van der Waals surface area contributed by atoms with Crippen molar-refractivity contribution >= 4 is 23.1 Å². The van der Waals surface area contributed by atoms with Gasteiger partial charge in [0.25, 0.3) is 11.7 Å². The van der Waals surface area contributed by atoms with E-state index in [1.165, 1.54) is 29.2 Å². The minimum atomic E-state index is -0.963. The van der Waals surface area contributed by atoms with Crippen LogP contribution in [-0.4, -0.2) is 16.8 Å². The highest BCUT2D eigenvalue weighted by Crippen LogP contribution is 2.42. The maximum atomic E-state index is 13.4. The number of hydrogen-bond donors (Lipinski definition) is 1. The van der Waals surface area contributed by atoms with Gasteiger partial charge in [0.05, 0.1) is 5.57 Å². The van der Waals surface area contributed by atoms with Crippen molar-refractivity contribution in [1.82, 2.24) is 0 Å². The number of halogens is 1. The monoisotopic (exact) mass is 391 g/mol. The fraction of sp³-hybridized carbons (Fsp3) is 0.130. The number of Topliss-reactive ketones (excluding diaryl/α,β-unsaturated/α-hetero) is 1. The summed E-state index contributed by atoms with van der Waals surface area (Å²) in [6.07, 6.45) is 0. The number of nitrogens with zero attached hydrogens (tertiary/aromatic N) is 1. The Kier molecular flexibility index (Phi) is 4.54. The fourth-order valence-electron chi connectivity index (χ4n) is 3.44. The number of hydrogen-bond acceptors (Lipinski definition) is 4. The van der Waals surface area contributed by atoms with Crippen LogP contribution in [0.15, 0.2) is 70.7 Å². The number of aliphatic hydroxyl groups excluding tert-OH is 1. The number of rotatable bonds is 3. The molecule has 5 nitrogen and oxygen atoms in total. The van der Waals surface area contributed by atoms with Crippen LogP contribution in [0.4, 0.5) is 10.1 Å². The minimum absolute atomic E-state index is 0.0717. The van der Waals surface area contributed by atoms with Crippen LogP contribution in [0.2, 0.25) is 0 Å². The van der Waals surface area contributed by atoms with Gasteiger partial charge in [0.15, 0.2) is 0 Å². The predicted molar refractivity (Wildman–Crippen MR) is 106 cm³/mol. The van der Waals surface area contributed by atoms with Gasteiger partial charge in [-0.15, -0.1) is 0 Å². The van der Waals surface area contributed by atoms with Gasteiger partial charge in [-0.05, 0) is 50.2 Å². The van der Waals surface area contributed by atoms with E-state index in [-0.39, 0.29) is 11.3 Å². The number of benzene rings is 2. The topological polar surface area (TPSA) is 70.8 Å². The van der Waals surface area contributed by atoms with Crippen LogP contribution in [0.3, 0.4) is 0 Å². The maximum absolute atomic E-state index is 13.4. The Hall–Kier alpha value is -3.67. The van der Waals surface area contributed by atoms with Crippen molar-refractivity contribution in [2.75, 3.05) is 4.90 Å². The van der Waals surface area contributed by atoms with Crippen molar-refractivity contribution in [2.45, 2.75) is 19.9 Å². The molecule has 4 rings (SSSR count). The van der Waals surface area contributed by atoms with E-state index in [4.69, 9.17) is 4.42 Å². The lowest BCUT2D eigenvalue weighted by Gasteiger charge is -2.23. The molecule has 1 N–H and O–H groups in total. The smallest absolute Gasteiger partial charge is 0.300 e. The molecule has 2 heterocycles. The Labute approximate surface area is 166 Å². The van der Waals surface area contributed by atoms with Crippen LogP contribution in [0.5, 0.6) is 0 Å². The van der Waals surface area contributed by atoms with Crippen LogP contribution in [0, 0.1) is 19.7 Å². The summed E-state index contributed by atoms with van der Waals surface area (Å²) < 4.78 is 19.1. The number of ketones is 1. The second-order valence-electron chi connectivity index (χ2n) is 6.96. The van der Waals surface area contributed by atoms with Crippen molar-refractivity contribution in [2.24, 2.45) is 0 Å². The van der Waals surface area contributed by atoms with Crippen LogP contribution in [-0.2, 0) is 9.59 Å². The van der Waals surface area contributed by atoms with E-state index in [2.05, 4.69) is 0 Å². The van der Waals surface area contributed by atoms with E-state index >= 15 is 0 Å². The summed E-state index contributed by atoms with van der Waals surface area (Å²) in [4.78, 5) is 27.0. The number of anilines is 1. The van der Waals surface area contributed by atoms with Gasteiger partial charge < -0.3 is 9.52 Å². The molecule has 2 aromatic carbocycles. The van der Waals surface area contributed by atoms with Crippen molar-refractivity contribution < 1.29 is 23.5 Å². The molecule has 0 aliphatic carbocycles. The number of furan rings is 1. The van der Waals surface area contributed by atoms with Gasteiger partial charge >= 0.3 is 0 Å². The molecule has 1 fully saturated rings. The normalized spacial score (nSPS) is 18.4. The van der Waals surface area contributed by atoms with E-state index in [1.807, 2.05) is 6.92 Å². The first-order valence-corrected chi connectivity index (χ1v) is 9.07. The highest BCUT2D eigenvalue weighted by atomic mass is 19.1. The molecule has 146 valence electrons. The number of amides is 1. The molecule has 1 amide bonds. The van der Waals surface area contributed by atoms with Gasteiger partial charge in [0, 0.05) is 11.3 Å². The largest absolute Gasteiger partial charge is 0.507 e. The summed E-state index contributed by atoms with van der Waals surface area (Å²) in [5, 5.41) is 10.9. The average molecular weight is 391 g/mol. The highest BCUT2D eigenvalue weighted by Gasteiger charge is 2.48. The van der Waals surface area contributed by atoms with Crippen LogP contribution >= 0.6 is 0 Å². The van der Waals surface area contributed by atoms with E-state index in [0.29, 0.717) is 22.8 Å². The van der Waals surface area contributed by atoms with Gasteiger partial charge in [-0.1, -0.05) is 29.8 Å². The molecule has 0 bridgehead atoms. The van der Waals surface area contributed by atoms with Gasteiger partial charge in [-0.25, -0.2) is 4.39 Å². The SMILES string of the molecule is Cc1ccc(/C(O)=C2/C(=O)C(=O)N(c3ccc(F)cc3)C2c2ccc(C)o2)cc1. The summed E-state index contributed by atoms with van der Waals surface area (Å²) in [6, 6.07) is 14.6. The highest BCUT2D eigenvalue weighted by molar-refractivity contribution is 6.51.